The van der Waals surface area contributed by atoms with Gasteiger partial charge in [0.2, 0.25) is 5.91 Å². The first-order valence-electron chi connectivity index (χ1n) is 7.54. The largest absolute Gasteiger partial charge is 0.396 e. The van der Waals surface area contributed by atoms with Crippen molar-refractivity contribution >= 4 is 11.6 Å². The van der Waals surface area contributed by atoms with E-state index in [4.69, 9.17) is 5.11 Å². The molecule has 0 fully saturated rings. The first-order chi connectivity index (χ1) is 10.1. The van der Waals surface area contributed by atoms with Gasteiger partial charge in [0.05, 0.1) is 6.07 Å². The second kappa shape index (κ2) is 8.43. The Hall–Kier alpha value is -1.86. The molecular formula is C17H24N2O2. The minimum atomic E-state index is -0.937. The first kappa shape index (κ1) is 17.2. The first-order valence-corrected chi connectivity index (χ1v) is 7.54. The van der Waals surface area contributed by atoms with Crippen LogP contribution in [0.25, 0.3) is 0 Å². The van der Waals surface area contributed by atoms with Crippen molar-refractivity contribution in [3.8, 4) is 6.07 Å². The van der Waals surface area contributed by atoms with Gasteiger partial charge in [0.25, 0.3) is 0 Å². The molecule has 4 heteroatoms. The molecule has 1 aromatic rings. The Kier molecular flexibility index (Phi) is 6.90. The van der Waals surface area contributed by atoms with Gasteiger partial charge in [0.1, 0.15) is 5.41 Å². The fourth-order valence-corrected chi connectivity index (χ4v) is 2.50. The number of carbonyl (C=O) groups is 1. The summed E-state index contributed by atoms with van der Waals surface area (Å²) in [5, 5.41) is 21.2. The quantitative estimate of drug-likeness (QED) is 0.771. The molecule has 1 aromatic carbocycles. The molecule has 0 aromatic heterocycles. The summed E-state index contributed by atoms with van der Waals surface area (Å²) >= 11 is 0. The molecule has 21 heavy (non-hydrogen) atoms. The highest BCUT2D eigenvalue weighted by molar-refractivity contribution is 5.97. The molecule has 0 aliphatic heterocycles. The van der Waals surface area contributed by atoms with Crippen molar-refractivity contribution in [2.24, 2.45) is 5.41 Å². The third-order valence-electron chi connectivity index (χ3n) is 3.61. The van der Waals surface area contributed by atoms with E-state index in [1.807, 2.05) is 38.1 Å². The summed E-state index contributed by atoms with van der Waals surface area (Å²) in [7, 11) is 0. The maximum Gasteiger partial charge on any atom is 0.244 e. The fourth-order valence-electron chi connectivity index (χ4n) is 2.50. The minimum absolute atomic E-state index is 0.107. The Morgan fingerprint density at radius 3 is 2.24 bits per heavy atom. The summed E-state index contributed by atoms with van der Waals surface area (Å²) in [4.78, 5) is 12.5. The van der Waals surface area contributed by atoms with Gasteiger partial charge < -0.3 is 10.4 Å². The van der Waals surface area contributed by atoms with Gasteiger partial charge >= 0.3 is 0 Å². The zero-order valence-electron chi connectivity index (χ0n) is 12.9. The van der Waals surface area contributed by atoms with Crippen LogP contribution in [0.1, 0.15) is 45.1 Å². The second-order valence-electron chi connectivity index (χ2n) is 5.32. The lowest BCUT2D eigenvalue weighted by atomic mass is 9.79. The van der Waals surface area contributed by atoms with Crippen LogP contribution in [-0.2, 0) is 11.2 Å². The van der Waals surface area contributed by atoms with Crippen LogP contribution in [0, 0.1) is 16.7 Å². The smallest absolute Gasteiger partial charge is 0.244 e. The van der Waals surface area contributed by atoms with Gasteiger partial charge in [-0.1, -0.05) is 38.8 Å². The zero-order chi connectivity index (χ0) is 15.7. The predicted octanol–water partition coefficient (Wildman–Crippen LogP) is 3.27. The van der Waals surface area contributed by atoms with Crippen LogP contribution in [0.4, 0.5) is 5.69 Å². The van der Waals surface area contributed by atoms with Crippen molar-refractivity contribution in [3.63, 3.8) is 0 Å². The number of nitriles is 1. The summed E-state index contributed by atoms with van der Waals surface area (Å²) in [6.07, 6.45) is 3.35. The number of carbonyl (C=O) groups excluding carboxylic acids is 1. The standard InChI is InChI=1S/C17H24N2O2/c1-3-10-17(13-18,11-4-2)16(21)19-15-7-5-14(6-8-15)9-12-20/h5-8,20H,3-4,9-12H2,1-2H3,(H,19,21). The highest BCUT2D eigenvalue weighted by Crippen LogP contribution is 2.30. The molecule has 0 saturated heterocycles. The van der Waals surface area contributed by atoms with E-state index in [2.05, 4.69) is 11.4 Å². The van der Waals surface area contributed by atoms with E-state index in [0.29, 0.717) is 24.9 Å². The summed E-state index contributed by atoms with van der Waals surface area (Å²) in [5.41, 5.74) is 0.769. The van der Waals surface area contributed by atoms with Crippen LogP contribution in [0.3, 0.4) is 0 Å². The van der Waals surface area contributed by atoms with E-state index in [0.717, 1.165) is 18.4 Å². The maximum atomic E-state index is 12.5. The van der Waals surface area contributed by atoms with Crippen LogP contribution in [0.5, 0.6) is 0 Å². The van der Waals surface area contributed by atoms with Gasteiger partial charge in [-0.3, -0.25) is 4.79 Å². The zero-order valence-corrected chi connectivity index (χ0v) is 12.9. The van der Waals surface area contributed by atoms with Crippen LogP contribution >= 0.6 is 0 Å². The number of benzene rings is 1. The van der Waals surface area contributed by atoms with Crippen LogP contribution in [-0.4, -0.2) is 17.6 Å². The molecule has 0 radical (unpaired) electrons. The monoisotopic (exact) mass is 288 g/mol. The lowest BCUT2D eigenvalue weighted by molar-refractivity contribution is -0.123. The molecule has 0 heterocycles. The second-order valence-corrected chi connectivity index (χ2v) is 5.32. The lowest BCUT2D eigenvalue weighted by Crippen LogP contribution is -2.35. The number of nitrogens with zero attached hydrogens (tertiary/aromatic N) is 1. The van der Waals surface area contributed by atoms with Gasteiger partial charge in [-0.2, -0.15) is 5.26 Å². The number of anilines is 1. The highest BCUT2D eigenvalue weighted by Gasteiger charge is 2.36. The average Bonchev–Trinajstić information content (AvgIpc) is 2.49. The summed E-state index contributed by atoms with van der Waals surface area (Å²) in [5.74, 6) is -0.219. The van der Waals surface area contributed by atoms with Crippen LogP contribution in [0.15, 0.2) is 24.3 Å². The van der Waals surface area contributed by atoms with Gasteiger partial charge in [-0.05, 0) is 37.0 Å². The van der Waals surface area contributed by atoms with Crippen molar-refractivity contribution in [2.75, 3.05) is 11.9 Å². The van der Waals surface area contributed by atoms with Crippen molar-refractivity contribution < 1.29 is 9.90 Å². The third kappa shape index (κ3) is 4.57. The SMILES string of the molecule is CCCC(C#N)(CCC)C(=O)Nc1ccc(CCO)cc1. The molecule has 4 nitrogen and oxygen atoms in total. The lowest BCUT2D eigenvalue weighted by Gasteiger charge is -2.24. The average molecular weight is 288 g/mol. The van der Waals surface area contributed by atoms with Gasteiger partial charge in [-0.25, -0.2) is 0 Å². The number of nitrogens with one attached hydrogen (secondary N) is 1. The Morgan fingerprint density at radius 1 is 1.24 bits per heavy atom. The molecule has 0 saturated carbocycles. The Labute approximate surface area is 126 Å². The molecule has 0 aliphatic carbocycles. The molecule has 0 unspecified atom stereocenters. The number of aliphatic hydroxyl groups excluding tert-OH is 1. The van der Waals surface area contributed by atoms with Crippen LogP contribution in [0.2, 0.25) is 0 Å². The van der Waals surface area contributed by atoms with E-state index in [1.165, 1.54) is 0 Å². The number of hydrogen-bond donors (Lipinski definition) is 2. The summed E-state index contributed by atoms with van der Waals surface area (Å²) in [6, 6.07) is 9.59. The normalized spacial score (nSPS) is 11.0. The maximum absolute atomic E-state index is 12.5. The molecule has 0 bridgehead atoms. The van der Waals surface area contributed by atoms with Crippen molar-refractivity contribution in [2.45, 2.75) is 46.0 Å². The number of amides is 1. The van der Waals surface area contributed by atoms with E-state index >= 15 is 0 Å². The molecular weight excluding hydrogens is 264 g/mol. The number of hydrogen-bond acceptors (Lipinski definition) is 3. The minimum Gasteiger partial charge on any atom is -0.396 e. The molecule has 2 N–H and O–H groups in total. The highest BCUT2D eigenvalue weighted by atomic mass is 16.2. The molecule has 0 aliphatic rings. The van der Waals surface area contributed by atoms with E-state index in [1.54, 1.807) is 0 Å². The number of rotatable bonds is 8. The van der Waals surface area contributed by atoms with Crippen LogP contribution < -0.4 is 5.32 Å². The molecule has 1 rings (SSSR count). The van der Waals surface area contributed by atoms with Crippen molar-refractivity contribution in [1.29, 1.82) is 5.26 Å². The Morgan fingerprint density at radius 2 is 1.81 bits per heavy atom. The Bertz CT molecular complexity index is 483. The molecule has 0 atom stereocenters. The van der Waals surface area contributed by atoms with E-state index in [-0.39, 0.29) is 12.5 Å². The van der Waals surface area contributed by atoms with Gasteiger partial charge in [0, 0.05) is 12.3 Å². The molecule has 0 spiro atoms. The van der Waals surface area contributed by atoms with Gasteiger partial charge in [-0.15, -0.1) is 0 Å². The van der Waals surface area contributed by atoms with Gasteiger partial charge in [0.15, 0.2) is 0 Å². The number of aliphatic hydroxyl groups is 1. The molecule has 114 valence electrons. The summed E-state index contributed by atoms with van der Waals surface area (Å²) in [6.45, 7) is 4.08. The fraction of sp³-hybridized carbons (Fsp3) is 0.529. The van der Waals surface area contributed by atoms with E-state index in [9.17, 15) is 10.1 Å². The third-order valence-corrected chi connectivity index (χ3v) is 3.61. The topological polar surface area (TPSA) is 73.1 Å². The Balaban J connectivity index is 2.83. The van der Waals surface area contributed by atoms with E-state index < -0.39 is 5.41 Å². The summed E-state index contributed by atoms with van der Waals surface area (Å²) < 4.78 is 0. The molecule has 1 amide bonds. The van der Waals surface area contributed by atoms with Crippen molar-refractivity contribution in [3.05, 3.63) is 29.8 Å². The predicted molar refractivity (Wildman–Crippen MR) is 83.7 cm³/mol. The van der Waals surface area contributed by atoms with Crippen molar-refractivity contribution in [1.82, 2.24) is 0 Å².